The van der Waals surface area contributed by atoms with Crippen molar-refractivity contribution in [2.75, 3.05) is 16.8 Å². The Kier molecular flexibility index (Phi) is 3.40. The highest BCUT2D eigenvalue weighted by molar-refractivity contribution is 7.99. The Balaban J connectivity index is 1.92. The molecule has 0 bridgehead atoms. The monoisotopic (exact) mass is 285 g/mol. The van der Waals surface area contributed by atoms with Gasteiger partial charge >= 0.3 is 0 Å². The predicted octanol–water partition coefficient (Wildman–Crippen LogP) is 3.65. The van der Waals surface area contributed by atoms with E-state index in [2.05, 4.69) is 14.1 Å². The van der Waals surface area contributed by atoms with Crippen LogP contribution in [0.15, 0.2) is 12.1 Å². The Labute approximate surface area is 113 Å². The molecule has 0 amide bonds. The van der Waals surface area contributed by atoms with Crippen LogP contribution in [0.5, 0.6) is 0 Å². The Morgan fingerprint density at radius 2 is 2.29 bits per heavy atom. The van der Waals surface area contributed by atoms with E-state index in [4.69, 9.17) is 11.6 Å². The molecule has 2 aromatic rings. The molecule has 1 fully saturated rings. The molecule has 1 aromatic heterocycles. The summed E-state index contributed by atoms with van der Waals surface area (Å²) in [5.41, 5.74) is 2.77. The maximum absolute atomic E-state index is 6.25. The zero-order chi connectivity index (χ0) is 11.7. The molecular formula is C11H12ClN3S2. The summed E-state index contributed by atoms with van der Waals surface area (Å²) < 4.78 is 8.56. The number of hydrogen-bond acceptors (Lipinski definition) is 5. The van der Waals surface area contributed by atoms with Crippen molar-refractivity contribution in [2.45, 2.75) is 18.9 Å². The lowest BCUT2D eigenvalue weighted by Crippen LogP contribution is -2.25. The van der Waals surface area contributed by atoms with E-state index in [1.807, 2.05) is 23.9 Å². The predicted molar refractivity (Wildman–Crippen MR) is 76.4 cm³/mol. The summed E-state index contributed by atoms with van der Waals surface area (Å²) in [5.74, 6) is 2.42. The van der Waals surface area contributed by atoms with E-state index in [1.54, 1.807) is 0 Å². The van der Waals surface area contributed by atoms with Crippen LogP contribution in [0.1, 0.15) is 12.8 Å². The first-order valence-electron chi connectivity index (χ1n) is 5.59. The SMILES string of the molecule is Clc1ccc2nsnc2c1NC1CCCSC1. The first-order chi connectivity index (χ1) is 8.34. The molecule has 0 radical (unpaired) electrons. The van der Waals surface area contributed by atoms with Crippen molar-refractivity contribution in [2.24, 2.45) is 0 Å². The van der Waals surface area contributed by atoms with Crippen molar-refractivity contribution >= 4 is 51.8 Å². The summed E-state index contributed by atoms with van der Waals surface area (Å²) in [6, 6.07) is 4.31. The molecule has 1 unspecified atom stereocenters. The van der Waals surface area contributed by atoms with E-state index in [0.717, 1.165) is 27.5 Å². The average molecular weight is 286 g/mol. The lowest BCUT2D eigenvalue weighted by atomic mass is 10.1. The van der Waals surface area contributed by atoms with Gasteiger partial charge in [0.05, 0.1) is 22.4 Å². The van der Waals surface area contributed by atoms with Gasteiger partial charge in [-0.25, -0.2) is 0 Å². The number of thioether (sulfide) groups is 1. The number of fused-ring (bicyclic) bond motifs is 1. The second-order valence-corrected chi connectivity index (χ2v) is 6.20. The van der Waals surface area contributed by atoms with Gasteiger partial charge in [-0.2, -0.15) is 20.5 Å². The Bertz CT molecular complexity index is 522. The number of nitrogens with one attached hydrogen (secondary N) is 1. The molecule has 2 heterocycles. The molecule has 1 atom stereocenters. The molecule has 1 aliphatic rings. The first kappa shape index (κ1) is 11.6. The van der Waals surface area contributed by atoms with Crippen molar-refractivity contribution < 1.29 is 0 Å². The van der Waals surface area contributed by atoms with Crippen LogP contribution in [0, 0.1) is 0 Å². The molecule has 90 valence electrons. The van der Waals surface area contributed by atoms with Gasteiger partial charge in [-0.05, 0) is 30.7 Å². The van der Waals surface area contributed by atoms with Crippen LogP contribution in [-0.4, -0.2) is 26.3 Å². The minimum Gasteiger partial charge on any atom is -0.378 e. The topological polar surface area (TPSA) is 37.8 Å². The molecule has 3 rings (SSSR count). The van der Waals surface area contributed by atoms with Crippen molar-refractivity contribution in [3.05, 3.63) is 17.2 Å². The highest BCUT2D eigenvalue weighted by Crippen LogP contribution is 2.32. The van der Waals surface area contributed by atoms with E-state index in [1.165, 1.54) is 30.3 Å². The lowest BCUT2D eigenvalue weighted by Gasteiger charge is -2.24. The van der Waals surface area contributed by atoms with Crippen LogP contribution in [0.2, 0.25) is 5.02 Å². The molecule has 1 saturated heterocycles. The molecule has 6 heteroatoms. The molecule has 1 aliphatic heterocycles. The fourth-order valence-electron chi connectivity index (χ4n) is 2.02. The average Bonchev–Trinajstić information content (AvgIpc) is 2.83. The van der Waals surface area contributed by atoms with Crippen LogP contribution < -0.4 is 5.32 Å². The second-order valence-electron chi connectivity index (χ2n) is 4.11. The van der Waals surface area contributed by atoms with Gasteiger partial charge in [0.1, 0.15) is 11.0 Å². The van der Waals surface area contributed by atoms with Crippen LogP contribution >= 0.6 is 35.1 Å². The standard InChI is InChI=1S/C11H12ClN3S2/c12-8-3-4-9-11(15-17-14-9)10(8)13-7-2-1-5-16-6-7/h3-4,7,13H,1-2,5-6H2. The normalized spacial score (nSPS) is 20.6. The third-order valence-corrected chi connectivity index (χ3v) is 4.96. The molecule has 1 aromatic carbocycles. The third-order valence-electron chi connectivity index (χ3n) is 2.89. The number of rotatable bonds is 2. The summed E-state index contributed by atoms with van der Waals surface area (Å²) in [7, 11) is 0. The van der Waals surface area contributed by atoms with E-state index in [0.29, 0.717) is 6.04 Å². The number of nitrogens with zero attached hydrogens (tertiary/aromatic N) is 2. The maximum Gasteiger partial charge on any atom is 0.129 e. The lowest BCUT2D eigenvalue weighted by molar-refractivity contribution is 0.686. The maximum atomic E-state index is 6.25. The van der Waals surface area contributed by atoms with Gasteiger partial charge in [-0.15, -0.1) is 0 Å². The van der Waals surface area contributed by atoms with Crippen LogP contribution in [0.4, 0.5) is 5.69 Å². The summed E-state index contributed by atoms with van der Waals surface area (Å²) in [4.78, 5) is 0. The summed E-state index contributed by atoms with van der Waals surface area (Å²) in [6.45, 7) is 0. The molecule has 0 saturated carbocycles. The minimum atomic E-state index is 0.499. The van der Waals surface area contributed by atoms with E-state index >= 15 is 0 Å². The quantitative estimate of drug-likeness (QED) is 0.914. The van der Waals surface area contributed by atoms with E-state index in [-0.39, 0.29) is 0 Å². The van der Waals surface area contributed by atoms with Gasteiger partial charge < -0.3 is 5.32 Å². The first-order valence-corrected chi connectivity index (χ1v) is 7.86. The van der Waals surface area contributed by atoms with Crippen molar-refractivity contribution in [1.29, 1.82) is 0 Å². The van der Waals surface area contributed by atoms with Gasteiger partial charge in [0.25, 0.3) is 0 Å². The van der Waals surface area contributed by atoms with Gasteiger partial charge in [-0.3, -0.25) is 0 Å². The van der Waals surface area contributed by atoms with Gasteiger partial charge in [0.2, 0.25) is 0 Å². The fourth-order valence-corrected chi connectivity index (χ4v) is 3.84. The van der Waals surface area contributed by atoms with E-state index in [9.17, 15) is 0 Å². The number of benzene rings is 1. The van der Waals surface area contributed by atoms with Crippen molar-refractivity contribution in [1.82, 2.24) is 8.75 Å². The largest absolute Gasteiger partial charge is 0.378 e. The highest BCUT2D eigenvalue weighted by atomic mass is 35.5. The zero-order valence-corrected chi connectivity index (χ0v) is 11.5. The van der Waals surface area contributed by atoms with Crippen LogP contribution in [-0.2, 0) is 0 Å². The van der Waals surface area contributed by atoms with Crippen LogP contribution in [0.3, 0.4) is 0 Å². The van der Waals surface area contributed by atoms with Gasteiger partial charge in [-0.1, -0.05) is 11.6 Å². The minimum absolute atomic E-state index is 0.499. The van der Waals surface area contributed by atoms with Crippen molar-refractivity contribution in [3.63, 3.8) is 0 Å². The summed E-state index contributed by atoms with van der Waals surface area (Å²) >= 11 is 9.48. The summed E-state index contributed by atoms with van der Waals surface area (Å²) in [6.07, 6.45) is 2.47. The third kappa shape index (κ3) is 2.37. The Morgan fingerprint density at radius 1 is 1.35 bits per heavy atom. The fraction of sp³-hybridized carbons (Fsp3) is 0.455. The number of halogens is 1. The van der Waals surface area contributed by atoms with Crippen LogP contribution in [0.25, 0.3) is 11.0 Å². The molecule has 17 heavy (non-hydrogen) atoms. The number of hydrogen-bond donors (Lipinski definition) is 1. The number of aromatic nitrogens is 2. The van der Waals surface area contributed by atoms with Crippen molar-refractivity contribution in [3.8, 4) is 0 Å². The number of anilines is 1. The Hall–Kier alpha value is -0.520. The molecule has 1 N–H and O–H groups in total. The zero-order valence-electron chi connectivity index (χ0n) is 9.15. The Morgan fingerprint density at radius 3 is 3.12 bits per heavy atom. The summed E-state index contributed by atoms with van der Waals surface area (Å²) in [5, 5.41) is 4.27. The smallest absolute Gasteiger partial charge is 0.129 e. The molecular weight excluding hydrogens is 274 g/mol. The highest BCUT2D eigenvalue weighted by Gasteiger charge is 2.17. The second kappa shape index (κ2) is 5.00. The van der Waals surface area contributed by atoms with E-state index < -0.39 is 0 Å². The molecule has 0 spiro atoms. The molecule has 3 nitrogen and oxygen atoms in total. The van der Waals surface area contributed by atoms with Gasteiger partial charge in [0.15, 0.2) is 0 Å². The molecule has 0 aliphatic carbocycles. The van der Waals surface area contributed by atoms with Gasteiger partial charge in [0, 0.05) is 11.8 Å².